The van der Waals surface area contributed by atoms with Crippen molar-refractivity contribution in [2.75, 3.05) is 45.9 Å². The fourth-order valence-corrected chi connectivity index (χ4v) is 3.07. The molecule has 0 spiro atoms. The second-order valence-corrected chi connectivity index (χ2v) is 5.90. The Kier molecular flexibility index (Phi) is 4.22. The lowest BCUT2D eigenvalue weighted by Gasteiger charge is -2.41. The summed E-state index contributed by atoms with van der Waals surface area (Å²) in [6.45, 7) is 12.6. The van der Waals surface area contributed by atoms with E-state index in [0.717, 1.165) is 32.2 Å². The van der Waals surface area contributed by atoms with Gasteiger partial charge in [0.25, 0.3) is 0 Å². The third-order valence-corrected chi connectivity index (χ3v) is 4.18. The lowest BCUT2D eigenvalue weighted by molar-refractivity contribution is 0.00688. The Morgan fingerprint density at radius 2 is 1.81 bits per heavy atom. The maximum absolute atomic E-state index is 5.41. The van der Waals surface area contributed by atoms with Crippen molar-refractivity contribution in [1.29, 1.82) is 0 Å². The summed E-state index contributed by atoms with van der Waals surface area (Å²) < 4.78 is 5.41. The molecule has 0 saturated carbocycles. The van der Waals surface area contributed by atoms with Crippen molar-refractivity contribution in [1.82, 2.24) is 10.2 Å². The van der Waals surface area contributed by atoms with E-state index in [9.17, 15) is 0 Å². The maximum atomic E-state index is 5.41. The Hall–Kier alpha value is -0.120. The predicted molar refractivity (Wildman–Crippen MR) is 66.6 cm³/mol. The summed E-state index contributed by atoms with van der Waals surface area (Å²) in [4.78, 5) is 2.57. The topological polar surface area (TPSA) is 24.5 Å². The lowest BCUT2D eigenvalue weighted by Crippen LogP contribution is -2.46. The van der Waals surface area contributed by atoms with E-state index in [1.165, 1.54) is 32.5 Å². The largest absolute Gasteiger partial charge is 0.379 e. The van der Waals surface area contributed by atoms with E-state index in [2.05, 4.69) is 24.1 Å². The summed E-state index contributed by atoms with van der Waals surface area (Å²) in [6.07, 6.45) is 2.69. The summed E-state index contributed by atoms with van der Waals surface area (Å²) in [6, 6.07) is 0. The maximum Gasteiger partial charge on any atom is 0.0594 e. The molecule has 3 nitrogen and oxygen atoms in total. The number of piperidine rings is 1. The number of morpholine rings is 1. The summed E-state index contributed by atoms with van der Waals surface area (Å²) in [5.74, 6) is 0.886. The number of nitrogens with zero attached hydrogens (tertiary/aromatic N) is 1. The number of nitrogens with one attached hydrogen (secondary N) is 1. The van der Waals surface area contributed by atoms with Crippen molar-refractivity contribution in [3.63, 3.8) is 0 Å². The highest BCUT2D eigenvalue weighted by atomic mass is 16.5. The van der Waals surface area contributed by atoms with Gasteiger partial charge in [0.2, 0.25) is 0 Å². The van der Waals surface area contributed by atoms with Crippen LogP contribution in [0.25, 0.3) is 0 Å². The van der Waals surface area contributed by atoms with Crippen molar-refractivity contribution in [2.24, 2.45) is 11.3 Å². The summed E-state index contributed by atoms with van der Waals surface area (Å²) in [5.41, 5.74) is 0.458. The molecule has 0 aromatic rings. The zero-order chi connectivity index (χ0) is 11.4. The van der Waals surface area contributed by atoms with Crippen molar-refractivity contribution in [2.45, 2.75) is 26.7 Å². The summed E-state index contributed by atoms with van der Waals surface area (Å²) in [5, 5.41) is 3.46. The molecule has 0 aliphatic carbocycles. The molecule has 2 heterocycles. The molecular formula is C13H26N2O. The molecule has 2 fully saturated rings. The first-order valence-corrected chi connectivity index (χ1v) is 6.69. The van der Waals surface area contributed by atoms with E-state index in [0.29, 0.717) is 5.41 Å². The van der Waals surface area contributed by atoms with E-state index in [-0.39, 0.29) is 0 Å². The molecule has 3 heteroatoms. The van der Waals surface area contributed by atoms with E-state index in [1.54, 1.807) is 0 Å². The van der Waals surface area contributed by atoms with Crippen molar-refractivity contribution in [3.05, 3.63) is 0 Å². The molecule has 0 atom stereocenters. The minimum absolute atomic E-state index is 0.458. The number of rotatable bonds is 3. The molecule has 2 aliphatic heterocycles. The fraction of sp³-hybridized carbons (Fsp3) is 1.00. The molecule has 1 N–H and O–H groups in total. The van der Waals surface area contributed by atoms with Crippen LogP contribution < -0.4 is 5.32 Å². The van der Waals surface area contributed by atoms with Gasteiger partial charge in [-0.2, -0.15) is 0 Å². The molecule has 0 aromatic heterocycles. The van der Waals surface area contributed by atoms with Crippen molar-refractivity contribution < 1.29 is 4.74 Å². The highest BCUT2D eigenvalue weighted by Gasteiger charge is 2.32. The highest BCUT2D eigenvalue weighted by molar-refractivity contribution is 4.85. The van der Waals surface area contributed by atoms with Gasteiger partial charge in [0, 0.05) is 19.6 Å². The number of ether oxygens (including phenoxy) is 1. The summed E-state index contributed by atoms with van der Waals surface area (Å²) >= 11 is 0. The van der Waals surface area contributed by atoms with Gasteiger partial charge in [-0.3, -0.25) is 4.90 Å². The Morgan fingerprint density at radius 3 is 2.44 bits per heavy atom. The van der Waals surface area contributed by atoms with Gasteiger partial charge in [-0.25, -0.2) is 0 Å². The van der Waals surface area contributed by atoms with Crippen LogP contribution in [0.1, 0.15) is 26.7 Å². The van der Waals surface area contributed by atoms with Crippen LogP contribution in [-0.4, -0.2) is 50.8 Å². The molecule has 0 unspecified atom stereocenters. The van der Waals surface area contributed by atoms with E-state index >= 15 is 0 Å². The quantitative estimate of drug-likeness (QED) is 0.786. The van der Waals surface area contributed by atoms with Gasteiger partial charge < -0.3 is 10.1 Å². The van der Waals surface area contributed by atoms with E-state index in [1.807, 2.05) is 0 Å². The minimum Gasteiger partial charge on any atom is -0.379 e. The Morgan fingerprint density at radius 1 is 1.19 bits per heavy atom. The van der Waals surface area contributed by atoms with Gasteiger partial charge in [-0.15, -0.1) is 0 Å². The number of hydrogen-bond donors (Lipinski definition) is 1. The molecule has 94 valence electrons. The van der Waals surface area contributed by atoms with Gasteiger partial charge in [0.15, 0.2) is 0 Å². The van der Waals surface area contributed by atoms with Crippen molar-refractivity contribution in [3.8, 4) is 0 Å². The van der Waals surface area contributed by atoms with Crippen LogP contribution in [0.15, 0.2) is 0 Å². The smallest absolute Gasteiger partial charge is 0.0594 e. The van der Waals surface area contributed by atoms with Crippen LogP contribution in [0.4, 0.5) is 0 Å². The third kappa shape index (κ3) is 3.19. The first kappa shape index (κ1) is 12.3. The standard InChI is InChI=1S/C13H26N2O/c1-13(2,12-3-5-14-6-4-12)11-15-7-9-16-10-8-15/h12,14H,3-11H2,1-2H3. The average Bonchev–Trinajstić information content (AvgIpc) is 2.31. The monoisotopic (exact) mass is 226 g/mol. The number of hydrogen-bond acceptors (Lipinski definition) is 3. The van der Waals surface area contributed by atoms with Crippen LogP contribution in [0.2, 0.25) is 0 Å². The first-order chi connectivity index (χ1) is 7.68. The van der Waals surface area contributed by atoms with E-state index < -0.39 is 0 Å². The van der Waals surface area contributed by atoms with Crippen LogP contribution in [0.3, 0.4) is 0 Å². The third-order valence-electron chi connectivity index (χ3n) is 4.18. The van der Waals surface area contributed by atoms with Gasteiger partial charge in [-0.1, -0.05) is 13.8 Å². The van der Waals surface area contributed by atoms with Gasteiger partial charge in [-0.05, 0) is 37.3 Å². The molecule has 2 saturated heterocycles. The zero-order valence-corrected chi connectivity index (χ0v) is 10.8. The molecule has 0 amide bonds. The zero-order valence-electron chi connectivity index (χ0n) is 10.8. The summed E-state index contributed by atoms with van der Waals surface area (Å²) in [7, 11) is 0. The highest BCUT2D eigenvalue weighted by Crippen LogP contribution is 2.34. The van der Waals surface area contributed by atoms with E-state index in [4.69, 9.17) is 4.74 Å². The average molecular weight is 226 g/mol. The van der Waals surface area contributed by atoms with Gasteiger partial charge >= 0.3 is 0 Å². The molecule has 2 rings (SSSR count). The van der Waals surface area contributed by atoms with Gasteiger partial charge in [0.05, 0.1) is 13.2 Å². The molecule has 0 bridgehead atoms. The molecular weight excluding hydrogens is 200 g/mol. The molecule has 0 radical (unpaired) electrons. The minimum atomic E-state index is 0.458. The predicted octanol–water partition coefficient (Wildman–Crippen LogP) is 1.34. The van der Waals surface area contributed by atoms with Crippen molar-refractivity contribution >= 4 is 0 Å². The Balaban J connectivity index is 1.84. The van der Waals surface area contributed by atoms with Crippen LogP contribution in [-0.2, 0) is 4.74 Å². The van der Waals surface area contributed by atoms with Crippen LogP contribution in [0.5, 0.6) is 0 Å². The van der Waals surface area contributed by atoms with Gasteiger partial charge in [0.1, 0.15) is 0 Å². The molecule has 2 aliphatic rings. The molecule has 0 aromatic carbocycles. The normalized spacial score (nSPS) is 25.9. The first-order valence-electron chi connectivity index (χ1n) is 6.69. The molecule has 16 heavy (non-hydrogen) atoms. The van der Waals surface area contributed by atoms with Crippen LogP contribution in [0, 0.1) is 11.3 Å². The second kappa shape index (κ2) is 5.48. The fourth-order valence-electron chi connectivity index (χ4n) is 3.07. The Labute approximate surface area is 99.5 Å². The Bertz CT molecular complexity index is 206. The second-order valence-electron chi connectivity index (χ2n) is 5.90. The SMILES string of the molecule is CC(C)(CN1CCOCC1)C1CCNCC1. The van der Waals surface area contributed by atoms with Crippen LogP contribution >= 0.6 is 0 Å². The lowest BCUT2D eigenvalue weighted by atomic mass is 9.73.